The molecule has 1 fully saturated rings. The Kier molecular flexibility index (Phi) is 5.42. The van der Waals surface area contributed by atoms with E-state index < -0.39 is 0 Å². The van der Waals surface area contributed by atoms with Crippen LogP contribution in [0.1, 0.15) is 27.2 Å². The third kappa shape index (κ3) is 3.80. The van der Waals surface area contributed by atoms with Crippen LogP contribution in [0.25, 0.3) is 0 Å². The molecule has 1 aromatic heterocycles. The molecular formula is C20H26N4O2. The zero-order valence-corrected chi connectivity index (χ0v) is 15.7. The number of rotatable bonds is 4. The predicted octanol–water partition coefficient (Wildman–Crippen LogP) is 2.25. The quantitative estimate of drug-likeness (QED) is 0.853. The zero-order chi connectivity index (χ0) is 18.7. The molecule has 0 aliphatic carbocycles. The summed E-state index contributed by atoms with van der Waals surface area (Å²) in [4.78, 5) is 21.4. The predicted molar refractivity (Wildman–Crippen MR) is 102 cm³/mol. The van der Waals surface area contributed by atoms with Crippen molar-refractivity contribution in [1.82, 2.24) is 14.8 Å². The van der Waals surface area contributed by atoms with E-state index in [0.29, 0.717) is 24.3 Å². The van der Waals surface area contributed by atoms with E-state index in [4.69, 9.17) is 10.5 Å². The van der Waals surface area contributed by atoms with Crippen molar-refractivity contribution in [2.75, 3.05) is 39.0 Å². The van der Waals surface area contributed by atoms with Crippen LogP contribution >= 0.6 is 0 Å². The molecule has 0 saturated carbocycles. The number of carbonyl (C=O) groups is 1. The number of nitrogens with two attached hydrogens (primary N) is 1. The van der Waals surface area contributed by atoms with Crippen LogP contribution < -0.4 is 10.5 Å². The number of nitrogens with zero attached hydrogens (tertiary/aromatic N) is 3. The number of aromatic nitrogens is 1. The SMILES string of the molecule is COc1c(C)cnc(CN2CCN(C(=O)c3ccc(N)cc3)CC2)c1C. The molecule has 1 aliphatic rings. The molecule has 0 radical (unpaired) electrons. The number of amides is 1. The van der Waals surface area contributed by atoms with Gasteiger partial charge in [-0.05, 0) is 38.1 Å². The van der Waals surface area contributed by atoms with Crippen molar-refractivity contribution in [3.8, 4) is 5.75 Å². The molecule has 6 nitrogen and oxygen atoms in total. The highest BCUT2D eigenvalue weighted by atomic mass is 16.5. The number of pyridine rings is 1. The first-order valence-electron chi connectivity index (χ1n) is 8.86. The number of anilines is 1. The van der Waals surface area contributed by atoms with Gasteiger partial charge in [-0.25, -0.2) is 0 Å². The Labute approximate surface area is 154 Å². The summed E-state index contributed by atoms with van der Waals surface area (Å²) in [6.07, 6.45) is 1.86. The van der Waals surface area contributed by atoms with Crippen molar-refractivity contribution < 1.29 is 9.53 Å². The molecule has 3 rings (SSSR count). The van der Waals surface area contributed by atoms with Crippen molar-refractivity contribution in [3.05, 3.63) is 52.8 Å². The maximum absolute atomic E-state index is 12.6. The fourth-order valence-electron chi connectivity index (χ4n) is 3.36. The van der Waals surface area contributed by atoms with E-state index in [-0.39, 0.29) is 5.91 Å². The highest BCUT2D eigenvalue weighted by Crippen LogP contribution is 2.25. The first-order chi connectivity index (χ1) is 12.5. The maximum atomic E-state index is 12.6. The van der Waals surface area contributed by atoms with Gasteiger partial charge in [0.05, 0.1) is 12.8 Å². The van der Waals surface area contributed by atoms with E-state index in [1.54, 1.807) is 31.4 Å². The zero-order valence-electron chi connectivity index (χ0n) is 15.7. The summed E-state index contributed by atoms with van der Waals surface area (Å²) in [6, 6.07) is 7.11. The summed E-state index contributed by atoms with van der Waals surface area (Å²) in [5.41, 5.74) is 10.2. The van der Waals surface area contributed by atoms with Crippen LogP contribution in [0.4, 0.5) is 5.69 Å². The van der Waals surface area contributed by atoms with Gasteiger partial charge in [0.1, 0.15) is 5.75 Å². The summed E-state index contributed by atoms with van der Waals surface area (Å²) in [7, 11) is 1.70. The summed E-state index contributed by atoms with van der Waals surface area (Å²) < 4.78 is 5.49. The average Bonchev–Trinajstić information content (AvgIpc) is 2.65. The van der Waals surface area contributed by atoms with Gasteiger partial charge in [-0.3, -0.25) is 14.7 Å². The van der Waals surface area contributed by atoms with Gasteiger partial charge in [0.25, 0.3) is 5.91 Å². The molecule has 2 aromatic rings. The van der Waals surface area contributed by atoms with E-state index in [0.717, 1.165) is 42.2 Å². The molecule has 1 aromatic carbocycles. The fourth-order valence-corrected chi connectivity index (χ4v) is 3.36. The molecule has 26 heavy (non-hydrogen) atoms. The highest BCUT2D eigenvalue weighted by molar-refractivity contribution is 5.94. The third-order valence-corrected chi connectivity index (χ3v) is 4.94. The Morgan fingerprint density at radius 2 is 1.81 bits per heavy atom. The lowest BCUT2D eigenvalue weighted by molar-refractivity contribution is 0.0626. The number of hydrogen-bond donors (Lipinski definition) is 1. The Morgan fingerprint density at radius 1 is 1.15 bits per heavy atom. The third-order valence-electron chi connectivity index (χ3n) is 4.94. The van der Waals surface area contributed by atoms with Crippen LogP contribution in [0.5, 0.6) is 5.75 Å². The topological polar surface area (TPSA) is 71.7 Å². The minimum Gasteiger partial charge on any atom is -0.496 e. The fraction of sp³-hybridized carbons (Fsp3) is 0.400. The Bertz CT molecular complexity index is 781. The molecule has 2 heterocycles. The number of carbonyl (C=O) groups excluding carboxylic acids is 1. The van der Waals surface area contributed by atoms with E-state index >= 15 is 0 Å². The number of aryl methyl sites for hydroxylation is 1. The van der Waals surface area contributed by atoms with Gasteiger partial charge in [0, 0.05) is 61.3 Å². The second kappa shape index (κ2) is 7.74. The molecule has 1 saturated heterocycles. The van der Waals surface area contributed by atoms with Crippen LogP contribution in [0.2, 0.25) is 0 Å². The first-order valence-corrected chi connectivity index (χ1v) is 8.86. The van der Waals surface area contributed by atoms with Crippen LogP contribution in [-0.4, -0.2) is 54.0 Å². The van der Waals surface area contributed by atoms with E-state index in [1.165, 1.54) is 0 Å². The maximum Gasteiger partial charge on any atom is 0.253 e. The number of nitrogen functional groups attached to an aromatic ring is 1. The molecule has 138 valence electrons. The van der Waals surface area contributed by atoms with Crippen molar-refractivity contribution >= 4 is 11.6 Å². The number of benzene rings is 1. The Balaban J connectivity index is 1.60. The van der Waals surface area contributed by atoms with E-state index in [2.05, 4.69) is 16.8 Å². The number of ether oxygens (including phenoxy) is 1. The molecule has 2 N–H and O–H groups in total. The Hall–Kier alpha value is -2.60. The van der Waals surface area contributed by atoms with Gasteiger partial charge < -0.3 is 15.4 Å². The average molecular weight is 354 g/mol. The molecule has 1 aliphatic heterocycles. The number of methoxy groups -OCH3 is 1. The second-order valence-corrected chi connectivity index (χ2v) is 6.74. The molecular weight excluding hydrogens is 328 g/mol. The van der Waals surface area contributed by atoms with Crippen LogP contribution in [0, 0.1) is 13.8 Å². The summed E-state index contributed by atoms with van der Waals surface area (Å²) in [5, 5.41) is 0. The van der Waals surface area contributed by atoms with Gasteiger partial charge in [-0.2, -0.15) is 0 Å². The molecule has 6 heteroatoms. The van der Waals surface area contributed by atoms with Gasteiger partial charge in [0.15, 0.2) is 0 Å². The summed E-state index contributed by atoms with van der Waals surface area (Å²) in [5.74, 6) is 0.975. The largest absolute Gasteiger partial charge is 0.496 e. The van der Waals surface area contributed by atoms with Crippen LogP contribution in [0.3, 0.4) is 0 Å². The smallest absolute Gasteiger partial charge is 0.253 e. The lowest BCUT2D eigenvalue weighted by Crippen LogP contribution is -2.48. The van der Waals surface area contributed by atoms with Crippen molar-refractivity contribution in [2.45, 2.75) is 20.4 Å². The van der Waals surface area contributed by atoms with Crippen molar-refractivity contribution in [2.24, 2.45) is 0 Å². The van der Waals surface area contributed by atoms with Crippen LogP contribution in [-0.2, 0) is 6.54 Å². The molecule has 0 spiro atoms. The minimum atomic E-state index is 0.0657. The van der Waals surface area contributed by atoms with Crippen molar-refractivity contribution in [3.63, 3.8) is 0 Å². The molecule has 1 amide bonds. The summed E-state index contributed by atoms with van der Waals surface area (Å²) in [6.45, 7) is 7.91. The lowest BCUT2D eigenvalue weighted by atomic mass is 10.1. The van der Waals surface area contributed by atoms with Gasteiger partial charge in [-0.1, -0.05) is 0 Å². The molecule has 0 bridgehead atoms. The number of piperazine rings is 1. The normalized spacial score (nSPS) is 15.1. The first kappa shape index (κ1) is 18.2. The monoisotopic (exact) mass is 354 g/mol. The lowest BCUT2D eigenvalue weighted by Gasteiger charge is -2.35. The summed E-state index contributed by atoms with van der Waals surface area (Å²) >= 11 is 0. The van der Waals surface area contributed by atoms with Crippen molar-refractivity contribution in [1.29, 1.82) is 0 Å². The second-order valence-electron chi connectivity index (χ2n) is 6.74. The van der Waals surface area contributed by atoms with Gasteiger partial charge in [-0.15, -0.1) is 0 Å². The van der Waals surface area contributed by atoms with Gasteiger partial charge >= 0.3 is 0 Å². The van der Waals surface area contributed by atoms with Crippen LogP contribution in [0.15, 0.2) is 30.5 Å². The standard InChI is InChI=1S/C20H26N4O2/c1-14-12-22-18(15(2)19(14)26-3)13-23-8-10-24(11-9-23)20(25)16-4-6-17(21)7-5-16/h4-7,12H,8-11,13,21H2,1-3H3. The van der Waals surface area contributed by atoms with E-state index in [9.17, 15) is 4.79 Å². The highest BCUT2D eigenvalue weighted by Gasteiger charge is 2.23. The molecule has 0 unspecified atom stereocenters. The number of hydrogen-bond acceptors (Lipinski definition) is 5. The minimum absolute atomic E-state index is 0.0657. The Morgan fingerprint density at radius 3 is 2.42 bits per heavy atom. The van der Waals surface area contributed by atoms with Gasteiger partial charge in [0.2, 0.25) is 0 Å². The van der Waals surface area contributed by atoms with E-state index in [1.807, 2.05) is 18.0 Å². The molecule has 0 atom stereocenters.